The molecule has 0 aliphatic carbocycles. The number of aromatic carboxylic acids is 1. The Morgan fingerprint density at radius 3 is 2.71 bits per heavy atom. The number of carbonyl (C=O) groups is 1. The molecule has 0 aliphatic heterocycles. The van der Waals surface area contributed by atoms with Crippen LogP contribution >= 0.6 is 23.2 Å². The predicted octanol–water partition coefficient (Wildman–Crippen LogP) is 2.63. The Morgan fingerprint density at radius 2 is 2.21 bits per heavy atom. The molecule has 0 aromatic heterocycles. The highest BCUT2D eigenvalue weighted by Crippen LogP contribution is 2.17. The molecule has 0 atom stereocenters. The fourth-order valence-corrected chi connectivity index (χ4v) is 1.23. The molecule has 0 fully saturated rings. The molecular weight excluding hydrogens is 223 g/mol. The zero-order valence-electron chi connectivity index (χ0n) is 7.05. The van der Waals surface area contributed by atoms with Crippen molar-refractivity contribution in [2.24, 2.45) is 0 Å². The van der Waals surface area contributed by atoms with Crippen molar-refractivity contribution in [1.29, 1.82) is 0 Å². The lowest BCUT2D eigenvalue weighted by molar-refractivity contribution is 0.0697. The third-order valence-electron chi connectivity index (χ3n) is 1.50. The van der Waals surface area contributed by atoms with Crippen LogP contribution in [0.3, 0.4) is 0 Å². The third-order valence-corrected chi connectivity index (χ3v) is 1.95. The van der Waals surface area contributed by atoms with E-state index in [1.807, 2.05) is 0 Å². The first-order valence-electron chi connectivity index (χ1n) is 3.73. The minimum absolute atomic E-state index is 0.0723. The van der Waals surface area contributed by atoms with E-state index in [0.717, 1.165) is 0 Å². The molecule has 0 saturated carbocycles. The van der Waals surface area contributed by atoms with Crippen LogP contribution in [-0.4, -0.2) is 17.0 Å². The lowest BCUT2D eigenvalue weighted by atomic mass is 10.1. The standard InChI is InChI=1S/C10H6Cl2O2/c11-5-1-2-7-3-4-8(10(13)14)9(12)6-7/h3-4,6H,5H2,(H,13,14). The van der Waals surface area contributed by atoms with E-state index in [2.05, 4.69) is 11.8 Å². The normalized spacial score (nSPS) is 9.00. The van der Waals surface area contributed by atoms with E-state index in [1.165, 1.54) is 12.1 Å². The van der Waals surface area contributed by atoms with Crippen molar-refractivity contribution < 1.29 is 9.90 Å². The Morgan fingerprint density at radius 1 is 1.50 bits per heavy atom. The van der Waals surface area contributed by atoms with E-state index in [9.17, 15) is 4.79 Å². The van der Waals surface area contributed by atoms with Crippen LogP contribution in [0.5, 0.6) is 0 Å². The van der Waals surface area contributed by atoms with Gasteiger partial charge < -0.3 is 5.11 Å². The van der Waals surface area contributed by atoms with Crippen LogP contribution in [0.15, 0.2) is 18.2 Å². The van der Waals surface area contributed by atoms with Gasteiger partial charge in [-0.1, -0.05) is 23.4 Å². The number of hydrogen-bond acceptors (Lipinski definition) is 1. The highest BCUT2D eigenvalue weighted by molar-refractivity contribution is 6.33. The van der Waals surface area contributed by atoms with Crippen molar-refractivity contribution in [3.8, 4) is 11.8 Å². The smallest absolute Gasteiger partial charge is 0.337 e. The minimum atomic E-state index is -1.05. The van der Waals surface area contributed by atoms with E-state index in [0.29, 0.717) is 5.56 Å². The molecule has 0 saturated heterocycles. The number of carboxylic acids is 1. The van der Waals surface area contributed by atoms with Crippen molar-refractivity contribution in [3.05, 3.63) is 34.3 Å². The summed E-state index contributed by atoms with van der Waals surface area (Å²) in [6.07, 6.45) is 0. The van der Waals surface area contributed by atoms with Gasteiger partial charge in [0.25, 0.3) is 0 Å². The molecular formula is C10H6Cl2O2. The van der Waals surface area contributed by atoms with Gasteiger partial charge in [0.15, 0.2) is 0 Å². The summed E-state index contributed by atoms with van der Waals surface area (Å²) in [6.45, 7) is 0. The zero-order chi connectivity index (χ0) is 10.6. The summed E-state index contributed by atoms with van der Waals surface area (Å²) in [5.74, 6) is 4.58. The summed E-state index contributed by atoms with van der Waals surface area (Å²) in [6, 6.07) is 4.52. The molecule has 1 rings (SSSR count). The van der Waals surface area contributed by atoms with Crippen molar-refractivity contribution in [1.82, 2.24) is 0 Å². The number of rotatable bonds is 1. The highest BCUT2D eigenvalue weighted by atomic mass is 35.5. The number of alkyl halides is 1. The fraction of sp³-hybridized carbons (Fsp3) is 0.100. The van der Waals surface area contributed by atoms with Gasteiger partial charge in [-0.2, -0.15) is 0 Å². The molecule has 0 radical (unpaired) electrons. The van der Waals surface area contributed by atoms with E-state index >= 15 is 0 Å². The fourth-order valence-electron chi connectivity index (χ4n) is 0.902. The van der Waals surface area contributed by atoms with Gasteiger partial charge in [-0.15, -0.1) is 11.6 Å². The summed E-state index contributed by atoms with van der Waals surface area (Å²) in [4.78, 5) is 10.6. The van der Waals surface area contributed by atoms with Gasteiger partial charge in [-0.3, -0.25) is 0 Å². The second kappa shape index (κ2) is 4.90. The largest absolute Gasteiger partial charge is 0.478 e. The number of hydrogen-bond donors (Lipinski definition) is 1. The SMILES string of the molecule is O=C(O)c1ccc(C#CCCl)cc1Cl. The number of halogens is 2. The van der Waals surface area contributed by atoms with Crippen LogP contribution in [0.1, 0.15) is 15.9 Å². The minimum Gasteiger partial charge on any atom is -0.478 e. The highest BCUT2D eigenvalue weighted by Gasteiger charge is 2.07. The zero-order valence-corrected chi connectivity index (χ0v) is 8.56. The molecule has 0 heterocycles. The van der Waals surface area contributed by atoms with Gasteiger partial charge in [0, 0.05) is 5.56 Å². The van der Waals surface area contributed by atoms with Crippen molar-refractivity contribution >= 4 is 29.2 Å². The topological polar surface area (TPSA) is 37.3 Å². The Bertz CT molecular complexity index is 416. The Hall–Kier alpha value is -1.17. The lowest BCUT2D eigenvalue weighted by Crippen LogP contribution is -1.97. The van der Waals surface area contributed by atoms with Gasteiger partial charge in [0.05, 0.1) is 16.5 Å². The molecule has 0 aliphatic rings. The molecule has 2 nitrogen and oxygen atoms in total. The van der Waals surface area contributed by atoms with E-state index in [1.54, 1.807) is 6.07 Å². The van der Waals surface area contributed by atoms with Crippen molar-refractivity contribution in [3.63, 3.8) is 0 Å². The van der Waals surface area contributed by atoms with Gasteiger partial charge in [0.2, 0.25) is 0 Å². The third kappa shape index (κ3) is 2.66. The lowest BCUT2D eigenvalue weighted by Gasteiger charge is -1.98. The van der Waals surface area contributed by atoms with E-state index < -0.39 is 5.97 Å². The Kier molecular flexibility index (Phi) is 3.82. The Balaban J connectivity index is 3.06. The Labute approximate surface area is 91.5 Å². The van der Waals surface area contributed by atoms with Gasteiger partial charge in [-0.25, -0.2) is 4.79 Å². The summed E-state index contributed by atoms with van der Waals surface area (Å²) in [7, 11) is 0. The summed E-state index contributed by atoms with van der Waals surface area (Å²) in [5.41, 5.74) is 0.726. The van der Waals surface area contributed by atoms with Crippen LogP contribution in [-0.2, 0) is 0 Å². The average Bonchev–Trinajstić information content (AvgIpc) is 2.14. The second-order valence-electron chi connectivity index (χ2n) is 2.44. The average molecular weight is 229 g/mol. The molecule has 0 unspecified atom stereocenters. The maximum absolute atomic E-state index is 10.6. The first kappa shape index (κ1) is 10.9. The monoisotopic (exact) mass is 228 g/mol. The molecule has 0 bridgehead atoms. The second-order valence-corrected chi connectivity index (χ2v) is 3.11. The van der Waals surface area contributed by atoms with E-state index in [-0.39, 0.29) is 16.5 Å². The number of benzene rings is 1. The number of carboxylic acid groups (broad SMARTS) is 1. The molecule has 72 valence electrons. The predicted molar refractivity (Wildman–Crippen MR) is 56.0 cm³/mol. The molecule has 0 spiro atoms. The van der Waals surface area contributed by atoms with Gasteiger partial charge >= 0.3 is 5.97 Å². The maximum atomic E-state index is 10.6. The van der Waals surface area contributed by atoms with Gasteiger partial charge in [0.1, 0.15) is 0 Å². The molecule has 0 amide bonds. The molecule has 14 heavy (non-hydrogen) atoms. The molecule has 4 heteroatoms. The van der Waals surface area contributed by atoms with Crippen LogP contribution in [0, 0.1) is 11.8 Å². The molecule has 1 aromatic rings. The quantitative estimate of drug-likeness (QED) is 0.593. The summed E-state index contributed by atoms with van der Waals surface area (Å²) >= 11 is 11.1. The summed E-state index contributed by atoms with van der Waals surface area (Å²) < 4.78 is 0. The van der Waals surface area contributed by atoms with Crippen LogP contribution in [0.4, 0.5) is 0 Å². The van der Waals surface area contributed by atoms with E-state index in [4.69, 9.17) is 28.3 Å². The van der Waals surface area contributed by atoms with Crippen molar-refractivity contribution in [2.45, 2.75) is 0 Å². The maximum Gasteiger partial charge on any atom is 0.337 e. The molecule has 1 N–H and O–H groups in total. The van der Waals surface area contributed by atoms with Gasteiger partial charge in [-0.05, 0) is 18.2 Å². The first-order chi connectivity index (χ1) is 6.65. The first-order valence-corrected chi connectivity index (χ1v) is 4.64. The van der Waals surface area contributed by atoms with Crippen LogP contribution in [0.2, 0.25) is 5.02 Å². The summed E-state index contributed by atoms with van der Waals surface area (Å²) in [5, 5.41) is 8.87. The van der Waals surface area contributed by atoms with Crippen LogP contribution in [0.25, 0.3) is 0 Å². The van der Waals surface area contributed by atoms with Crippen molar-refractivity contribution in [2.75, 3.05) is 5.88 Å². The van der Waals surface area contributed by atoms with Crippen LogP contribution < -0.4 is 0 Å². The molecule has 1 aromatic carbocycles.